The monoisotopic (exact) mass is 444 g/mol. The van der Waals surface area contributed by atoms with E-state index in [1.165, 1.54) is 5.56 Å². The zero-order chi connectivity index (χ0) is 23.4. The lowest BCUT2D eigenvalue weighted by Crippen LogP contribution is -2.52. The summed E-state index contributed by atoms with van der Waals surface area (Å²) < 4.78 is 5.30. The van der Waals surface area contributed by atoms with Gasteiger partial charge in [-0.05, 0) is 53.8 Å². The first-order chi connectivity index (χ1) is 16.0. The molecule has 6 nitrogen and oxygen atoms in total. The summed E-state index contributed by atoms with van der Waals surface area (Å²) in [6.07, 6.45) is 1.15. The van der Waals surface area contributed by atoms with Gasteiger partial charge in [0.1, 0.15) is 11.8 Å². The van der Waals surface area contributed by atoms with Crippen LogP contribution in [0.3, 0.4) is 0 Å². The predicted molar refractivity (Wildman–Crippen MR) is 131 cm³/mol. The molecule has 0 bridgehead atoms. The van der Waals surface area contributed by atoms with Crippen LogP contribution in [0, 0.1) is 17.2 Å². The highest BCUT2D eigenvalue weighted by atomic mass is 16.5. The summed E-state index contributed by atoms with van der Waals surface area (Å²) in [5.41, 5.74) is 4.40. The molecule has 1 atom stereocenters. The molecule has 172 valence electrons. The van der Waals surface area contributed by atoms with Crippen molar-refractivity contribution in [1.29, 1.82) is 5.26 Å². The molecule has 1 unspecified atom stereocenters. The molecular formula is C27H32N4O2. The van der Waals surface area contributed by atoms with Crippen LogP contribution < -0.4 is 4.74 Å². The Labute approximate surface area is 195 Å². The highest BCUT2D eigenvalue weighted by Crippen LogP contribution is 2.32. The van der Waals surface area contributed by atoms with Gasteiger partial charge in [0.05, 0.1) is 13.2 Å². The molecule has 0 spiro atoms. The van der Waals surface area contributed by atoms with Gasteiger partial charge in [-0.15, -0.1) is 0 Å². The number of carbonyl (C=O) groups is 1. The van der Waals surface area contributed by atoms with Gasteiger partial charge in [-0.1, -0.05) is 32.0 Å². The van der Waals surface area contributed by atoms with Crippen LogP contribution in [0.2, 0.25) is 0 Å². The van der Waals surface area contributed by atoms with Crippen molar-refractivity contribution in [3.8, 4) is 23.1 Å². The second kappa shape index (κ2) is 10.1. The molecule has 1 aliphatic heterocycles. The molecule has 6 heteroatoms. The molecule has 1 fully saturated rings. The summed E-state index contributed by atoms with van der Waals surface area (Å²) in [7, 11) is 1.66. The van der Waals surface area contributed by atoms with Gasteiger partial charge in [-0.25, -0.2) is 0 Å². The van der Waals surface area contributed by atoms with Crippen LogP contribution in [0.1, 0.15) is 25.8 Å². The molecule has 1 aliphatic rings. The van der Waals surface area contributed by atoms with E-state index in [2.05, 4.69) is 54.1 Å². The van der Waals surface area contributed by atoms with E-state index in [1.807, 2.05) is 29.2 Å². The highest BCUT2D eigenvalue weighted by Gasteiger charge is 2.27. The van der Waals surface area contributed by atoms with Gasteiger partial charge in [0.15, 0.2) is 0 Å². The molecule has 2 aromatic carbocycles. The Balaban J connectivity index is 1.47. The molecule has 1 aromatic heterocycles. The summed E-state index contributed by atoms with van der Waals surface area (Å²) >= 11 is 0. The lowest BCUT2D eigenvalue weighted by Gasteiger charge is -2.38. The maximum absolute atomic E-state index is 13.1. The summed E-state index contributed by atoms with van der Waals surface area (Å²) in [6, 6.07) is 18.6. The van der Waals surface area contributed by atoms with Gasteiger partial charge >= 0.3 is 0 Å². The van der Waals surface area contributed by atoms with Gasteiger partial charge in [0.2, 0.25) is 5.91 Å². The fourth-order valence-corrected chi connectivity index (χ4v) is 4.76. The van der Waals surface area contributed by atoms with E-state index >= 15 is 0 Å². The molecule has 3 aromatic rings. The maximum Gasteiger partial charge on any atom is 0.222 e. The quantitative estimate of drug-likeness (QED) is 0.584. The Hall–Kier alpha value is -3.30. The van der Waals surface area contributed by atoms with Crippen LogP contribution in [0.15, 0.2) is 48.5 Å². The number of aromatic nitrogens is 1. The number of hydrogen-bond donors (Lipinski definition) is 1. The number of piperazine rings is 1. The molecule has 4 rings (SSSR count). The average Bonchev–Trinajstić information content (AvgIpc) is 3.22. The van der Waals surface area contributed by atoms with Crippen molar-refractivity contribution in [3.05, 3.63) is 54.1 Å². The van der Waals surface area contributed by atoms with E-state index in [1.54, 1.807) is 7.11 Å². The summed E-state index contributed by atoms with van der Waals surface area (Å²) in [5.74, 6) is 1.29. The number of para-hydroxylation sites is 1. The van der Waals surface area contributed by atoms with Gasteiger partial charge < -0.3 is 14.6 Å². The van der Waals surface area contributed by atoms with Crippen LogP contribution in [0.4, 0.5) is 0 Å². The van der Waals surface area contributed by atoms with Gasteiger partial charge in [-0.2, -0.15) is 5.26 Å². The number of nitrogens with one attached hydrogen (secondary N) is 1. The summed E-state index contributed by atoms with van der Waals surface area (Å²) in [5, 5.41) is 10.6. The van der Waals surface area contributed by atoms with Gasteiger partial charge in [0, 0.05) is 49.2 Å². The number of aryl methyl sites for hydroxylation is 1. The van der Waals surface area contributed by atoms with Crippen LogP contribution >= 0.6 is 0 Å². The van der Waals surface area contributed by atoms with E-state index < -0.39 is 0 Å². The molecule has 2 heterocycles. The van der Waals surface area contributed by atoms with Crippen molar-refractivity contribution in [2.45, 2.75) is 32.7 Å². The lowest BCUT2D eigenvalue weighted by molar-refractivity contribution is -0.133. The van der Waals surface area contributed by atoms with E-state index in [-0.39, 0.29) is 17.9 Å². The van der Waals surface area contributed by atoms with Crippen molar-refractivity contribution < 1.29 is 9.53 Å². The third kappa shape index (κ3) is 4.89. The first kappa shape index (κ1) is 22.9. The summed E-state index contributed by atoms with van der Waals surface area (Å²) in [4.78, 5) is 20.8. The molecule has 33 heavy (non-hydrogen) atoms. The third-order valence-corrected chi connectivity index (χ3v) is 6.61. The normalized spacial score (nSPS) is 15.5. The van der Waals surface area contributed by atoms with E-state index in [9.17, 15) is 10.1 Å². The summed E-state index contributed by atoms with van der Waals surface area (Å²) in [6.45, 7) is 7.03. The number of nitrogens with zero attached hydrogens (tertiary/aromatic N) is 3. The zero-order valence-corrected chi connectivity index (χ0v) is 19.7. The van der Waals surface area contributed by atoms with Gasteiger partial charge in [0.25, 0.3) is 0 Å². The fourth-order valence-electron chi connectivity index (χ4n) is 4.76. The zero-order valence-electron chi connectivity index (χ0n) is 19.7. The van der Waals surface area contributed by atoms with Crippen molar-refractivity contribution >= 4 is 16.8 Å². The molecule has 1 N–H and O–H groups in total. The Morgan fingerprint density at radius 1 is 1.09 bits per heavy atom. The topological polar surface area (TPSA) is 72.4 Å². The lowest BCUT2D eigenvalue weighted by atomic mass is 10.0. The van der Waals surface area contributed by atoms with E-state index in [0.717, 1.165) is 41.0 Å². The standard InChI is InChI=1S/C27H32N4O2/c1-19(2)25(18-28)30-14-16-31(17-15-30)26(32)13-12-23-22-6-4-5-7-24(22)29-27(23)20-8-10-21(33-3)11-9-20/h4-11,19,25,29H,12-17H2,1-3H3. The van der Waals surface area contributed by atoms with Crippen molar-refractivity contribution in [2.24, 2.45) is 5.92 Å². The number of H-pyrrole nitrogens is 1. The molecule has 0 aliphatic carbocycles. The smallest absolute Gasteiger partial charge is 0.222 e. The number of benzene rings is 2. The predicted octanol–water partition coefficient (Wildman–Crippen LogP) is 4.47. The van der Waals surface area contributed by atoms with Crippen LogP contribution in [-0.2, 0) is 11.2 Å². The number of rotatable bonds is 7. The molecule has 1 saturated heterocycles. The van der Waals surface area contributed by atoms with E-state index in [4.69, 9.17) is 4.74 Å². The van der Waals surface area contributed by atoms with Crippen LogP contribution in [0.25, 0.3) is 22.2 Å². The Morgan fingerprint density at radius 3 is 2.42 bits per heavy atom. The number of nitriles is 1. The van der Waals surface area contributed by atoms with Crippen LogP contribution in [0.5, 0.6) is 5.75 Å². The first-order valence-corrected chi connectivity index (χ1v) is 11.7. The van der Waals surface area contributed by atoms with Crippen molar-refractivity contribution in [2.75, 3.05) is 33.3 Å². The molecule has 0 radical (unpaired) electrons. The SMILES string of the molecule is COc1ccc(-c2[nH]c3ccccc3c2CCC(=O)N2CCN(C(C#N)C(C)C)CC2)cc1. The van der Waals surface area contributed by atoms with Crippen molar-refractivity contribution in [1.82, 2.24) is 14.8 Å². The Kier molecular flexibility index (Phi) is 7.00. The number of amides is 1. The Bertz CT molecular complexity index is 1140. The minimum Gasteiger partial charge on any atom is -0.497 e. The number of aromatic amines is 1. The molecule has 0 saturated carbocycles. The first-order valence-electron chi connectivity index (χ1n) is 11.7. The number of fused-ring (bicyclic) bond motifs is 1. The van der Waals surface area contributed by atoms with Gasteiger partial charge in [-0.3, -0.25) is 9.69 Å². The number of hydrogen-bond acceptors (Lipinski definition) is 4. The van der Waals surface area contributed by atoms with Crippen LogP contribution in [-0.4, -0.2) is 60.0 Å². The number of carbonyl (C=O) groups excluding carboxylic acids is 1. The second-order valence-electron chi connectivity index (χ2n) is 8.99. The minimum atomic E-state index is -0.0828. The third-order valence-electron chi connectivity index (χ3n) is 6.61. The average molecular weight is 445 g/mol. The Morgan fingerprint density at radius 2 is 1.79 bits per heavy atom. The minimum absolute atomic E-state index is 0.0828. The number of methoxy groups -OCH3 is 1. The number of ether oxygens (including phenoxy) is 1. The largest absolute Gasteiger partial charge is 0.497 e. The molecule has 1 amide bonds. The van der Waals surface area contributed by atoms with E-state index in [0.29, 0.717) is 25.9 Å². The second-order valence-corrected chi connectivity index (χ2v) is 8.99. The molecular weight excluding hydrogens is 412 g/mol. The fraction of sp³-hybridized carbons (Fsp3) is 0.407. The van der Waals surface area contributed by atoms with Crippen molar-refractivity contribution in [3.63, 3.8) is 0 Å². The maximum atomic E-state index is 13.1. The highest BCUT2D eigenvalue weighted by molar-refractivity contribution is 5.91.